The zero-order valence-electron chi connectivity index (χ0n) is 12.1. The number of aryl methyl sites for hydroxylation is 1. The number of carbonyl (C=O) groups is 1. The maximum atomic E-state index is 11.6. The van der Waals surface area contributed by atoms with Crippen molar-refractivity contribution in [1.82, 2.24) is 15.1 Å². The molecule has 0 saturated heterocycles. The van der Waals surface area contributed by atoms with Crippen LogP contribution in [0.3, 0.4) is 0 Å². The van der Waals surface area contributed by atoms with E-state index in [1.165, 1.54) is 6.08 Å². The minimum atomic E-state index is -0.371. The Morgan fingerprint density at radius 3 is 2.79 bits per heavy atom. The first-order valence-electron chi connectivity index (χ1n) is 6.54. The molecule has 0 fully saturated rings. The Kier molecular flexibility index (Phi) is 5.76. The molecule has 19 heavy (non-hydrogen) atoms. The highest BCUT2D eigenvalue weighted by Gasteiger charge is 2.08. The molecule has 1 amide bonds. The van der Waals surface area contributed by atoms with Crippen molar-refractivity contribution in [3.05, 3.63) is 23.5 Å². The summed E-state index contributed by atoms with van der Waals surface area (Å²) in [6, 6.07) is 0. The van der Waals surface area contributed by atoms with Gasteiger partial charge in [0.1, 0.15) is 0 Å². The lowest BCUT2D eigenvalue weighted by atomic mass is 10.0. The summed E-state index contributed by atoms with van der Waals surface area (Å²) in [6.07, 6.45) is 5.16. The SMILES string of the molecule is Cc1c(/C=C/C(=O)NCCC(O)C(C)C)cnn1C. The van der Waals surface area contributed by atoms with Gasteiger partial charge in [-0.25, -0.2) is 0 Å². The van der Waals surface area contributed by atoms with E-state index in [0.29, 0.717) is 13.0 Å². The van der Waals surface area contributed by atoms with E-state index in [1.54, 1.807) is 17.0 Å². The van der Waals surface area contributed by atoms with E-state index in [-0.39, 0.29) is 17.9 Å². The maximum absolute atomic E-state index is 11.6. The van der Waals surface area contributed by atoms with E-state index in [0.717, 1.165) is 11.3 Å². The van der Waals surface area contributed by atoms with Gasteiger partial charge in [0, 0.05) is 30.9 Å². The van der Waals surface area contributed by atoms with E-state index in [2.05, 4.69) is 10.4 Å². The van der Waals surface area contributed by atoms with Gasteiger partial charge in [-0.05, 0) is 25.3 Å². The van der Waals surface area contributed by atoms with Gasteiger partial charge in [0.2, 0.25) is 5.91 Å². The van der Waals surface area contributed by atoms with Crippen molar-refractivity contribution in [2.45, 2.75) is 33.3 Å². The molecule has 1 aromatic rings. The molecule has 1 rings (SSSR count). The molecule has 106 valence electrons. The van der Waals surface area contributed by atoms with Crippen LogP contribution in [0, 0.1) is 12.8 Å². The molecule has 2 N–H and O–H groups in total. The highest BCUT2D eigenvalue weighted by atomic mass is 16.3. The van der Waals surface area contributed by atoms with Gasteiger partial charge in [-0.15, -0.1) is 0 Å². The van der Waals surface area contributed by atoms with Crippen LogP contribution in [-0.2, 0) is 11.8 Å². The van der Waals surface area contributed by atoms with Crippen LogP contribution in [0.25, 0.3) is 6.08 Å². The number of amides is 1. The first-order valence-corrected chi connectivity index (χ1v) is 6.54. The van der Waals surface area contributed by atoms with Gasteiger partial charge >= 0.3 is 0 Å². The molecule has 1 unspecified atom stereocenters. The predicted octanol–water partition coefficient (Wildman–Crippen LogP) is 1.26. The molecule has 0 aliphatic carbocycles. The molecule has 0 bridgehead atoms. The summed E-state index contributed by atoms with van der Waals surface area (Å²) in [5.41, 5.74) is 1.94. The van der Waals surface area contributed by atoms with Gasteiger partial charge < -0.3 is 10.4 Å². The molecule has 5 heteroatoms. The third kappa shape index (κ3) is 4.87. The summed E-state index contributed by atoms with van der Waals surface area (Å²) in [7, 11) is 1.86. The topological polar surface area (TPSA) is 67.2 Å². The number of aliphatic hydroxyl groups is 1. The van der Waals surface area contributed by atoms with Crippen LogP contribution in [0.4, 0.5) is 0 Å². The van der Waals surface area contributed by atoms with Gasteiger partial charge in [-0.3, -0.25) is 9.48 Å². The normalized spacial score (nSPS) is 13.2. The van der Waals surface area contributed by atoms with Gasteiger partial charge in [0.15, 0.2) is 0 Å². The summed E-state index contributed by atoms with van der Waals surface area (Å²) >= 11 is 0. The minimum Gasteiger partial charge on any atom is -0.393 e. The molecule has 1 aromatic heterocycles. The number of nitrogens with zero attached hydrogens (tertiary/aromatic N) is 2. The van der Waals surface area contributed by atoms with Crippen LogP contribution in [0.2, 0.25) is 0 Å². The first kappa shape index (κ1) is 15.4. The lowest BCUT2D eigenvalue weighted by Crippen LogP contribution is -2.27. The molecule has 1 heterocycles. The zero-order valence-corrected chi connectivity index (χ0v) is 12.1. The predicted molar refractivity (Wildman–Crippen MR) is 75.5 cm³/mol. The van der Waals surface area contributed by atoms with E-state index >= 15 is 0 Å². The van der Waals surface area contributed by atoms with Crippen molar-refractivity contribution >= 4 is 12.0 Å². The van der Waals surface area contributed by atoms with E-state index in [4.69, 9.17) is 0 Å². The minimum absolute atomic E-state index is 0.154. The summed E-state index contributed by atoms with van der Waals surface area (Å²) in [5, 5.41) is 16.5. The molecule has 0 radical (unpaired) electrons. The molecule has 1 atom stereocenters. The third-order valence-electron chi connectivity index (χ3n) is 3.20. The van der Waals surface area contributed by atoms with Crippen molar-refractivity contribution in [2.24, 2.45) is 13.0 Å². The van der Waals surface area contributed by atoms with Crippen LogP contribution in [-0.4, -0.2) is 33.4 Å². The molecule has 0 aliphatic rings. The number of aliphatic hydroxyl groups excluding tert-OH is 1. The molecule has 0 aromatic carbocycles. The molecular weight excluding hydrogens is 242 g/mol. The van der Waals surface area contributed by atoms with Crippen LogP contribution in [0.15, 0.2) is 12.3 Å². The van der Waals surface area contributed by atoms with E-state index in [9.17, 15) is 9.90 Å². The van der Waals surface area contributed by atoms with Crippen LogP contribution in [0.5, 0.6) is 0 Å². The van der Waals surface area contributed by atoms with Crippen molar-refractivity contribution in [1.29, 1.82) is 0 Å². The Morgan fingerprint density at radius 2 is 2.26 bits per heavy atom. The second-order valence-electron chi connectivity index (χ2n) is 5.03. The molecule has 5 nitrogen and oxygen atoms in total. The van der Waals surface area contributed by atoms with Gasteiger partial charge in [0.05, 0.1) is 12.3 Å². The average Bonchev–Trinajstić information content (AvgIpc) is 2.67. The second kappa shape index (κ2) is 7.09. The quantitative estimate of drug-likeness (QED) is 0.761. The number of aromatic nitrogens is 2. The number of rotatable bonds is 6. The van der Waals surface area contributed by atoms with Gasteiger partial charge in [-0.2, -0.15) is 5.10 Å². The fraction of sp³-hybridized carbons (Fsp3) is 0.571. The molecular formula is C14H23N3O2. The van der Waals surface area contributed by atoms with Crippen LogP contribution < -0.4 is 5.32 Å². The Labute approximate surface area is 114 Å². The molecule has 0 saturated carbocycles. The zero-order chi connectivity index (χ0) is 14.4. The number of nitrogens with one attached hydrogen (secondary N) is 1. The van der Waals surface area contributed by atoms with E-state index < -0.39 is 0 Å². The first-order chi connectivity index (χ1) is 8.91. The lowest BCUT2D eigenvalue weighted by Gasteiger charge is -2.13. The second-order valence-corrected chi connectivity index (χ2v) is 5.03. The smallest absolute Gasteiger partial charge is 0.244 e. The largest absolute Gasteiger partial charge is 0.393 e. The highest BCUT2D eigenvalue weighted by Crippen LogP contribution is 2.07. The standard InChI is InChI=1S/C14H23N3O2/c1-10(2)13(18)7-8-15-14(19)6-5-12-9-16-17(4)11(12)3/h5-6,9-10,13,18H,7-8H2,1-4H3,(H,15,19)/b6-5+. The maximum Gasteiger partial charge on any atom is 0.244 e. The van der Waals surface area contributed by atoms with Crippen molar-refractivity contribution in [3.8, 4) is 0 Å². The van der Waals surface area contributed by atoms with Gasteiger partial charge in [0.25, 0.3) is 0 Å². The Hall–Kier alpha value is -1.62. The van der Waals surface area contributed by atoms with E-state index in [1.807, 2.05) is 27.8 Å². The highest BCUT2D eigenvalue weighted by molar-refractivity contribution is 5.91. The Morgan fingerprint density at radius 1 is 1.58 bits per heavy atom. The van der Waals surface area contributed by atoms with Crippen molar-refractivity contribution < 1.29 is 9.90 Å². The lowest BCUT2D eigenvalue weighted by molar-refractivity contribution is -0.116. The number of carbonyl (C=O) groups excluding carboxylic acids is 1. The van der Waals surface area contributed by atoms with Gasteiger partial charge in [-0.1, -0.05) is 13.8 Å². The Bertz CT molecular complexity index is 450. The number of hydrogen-bond acceptors (Lipinski definition) is 3. The summed E-state index contributed by atoms with van der Waals surface area (Å²) in [6.45, 7) is 6.34. The Balaban J connectivity index is 2.37. The number of hydrogen-bond donors (Lipinski definition) is 2. The summed E-state index contributed by atoms with van der Waals surface area (Å²) in [5.74, 6) is 0.0599. The van der Waals surface area contributed by atoms with Crippen LogP contribution in [0.1, 0.15) is 31.5 Å². The summed E-state index contributed by atoms with van der Waals surface area (Å²) in [4.78, 5) is 11.6. The molecule has 0 aliphatic heterocycles. The van der Waals surface area contributed by atoms with Crippen molar-refractivity contribution in [2.75, 3.05) is 6.54 Å². The fourth-order valence-electron chi connectivity index (χ4n) is 1.58. The average molecular weight is 265 g/mol. The van der Waals surface area contributed by atoms with Crippen LogP contribution >= 0.6 is 0 Å². The molecule has 0 spiro atoms. The third-order valence-corrected chi connectivity index (χ3v) is 3.20. The summed E-state index contributed by atoms with van der Waals surface area (Å²) < 4.78 is 1.76. The van der Waals surface area contributed by atoms with Crippen molar-refractivity contribution in [3.63, 3.8) is 0 Å². The monoisotopic (exact) mass is 265 g/mol. The fourth-order valence-corrected chi connectivity index (χ4v) is 1.58.